The quantitative estimate of drug-likeness (QED) is 0.401. The Hall–Kier alpha value is 0.430. The maximum atomic E-state index is 6.00. The van der Waals surface area contributed by atoms with Crippen molar-refractivity contribution in [2.75, 3.05) is 19.6 Å². The summed E-state index contributed by atoms with van der Waals surface area (Å²) in [6.07, 6.45) is 4.83. The Kier molecular flexibility index (Phi) is 7.85. The molecular weight excluding hydrogens is 472 g/mol. The van der Waals surface area contributed by atoms with Gasteiger partial charge in [0.05, 0.1) is 2.88 Å². The molecule has 1 aliphatic rings. The Balaban J connectivity index is 0.00000162. The van der Waals surface area contributed by atoms with E-state index in [1.54, 1.807) is 0 Å². The van der Waals surface area contributed by atoms with Crippen molar-refractivity contribution in [1.29, 1.82) is 0 Å². The summed E-state index contributed by atoms with van der Waals surface area (Å²) in [5.74, 6) is 0.732. The first-order valence-corrected chi connectivity index (χ1v) is 7.94. The van der Waals surface area contributed by atoms with Crippen LogP contribution < -0.4 is 5.73 Å². The predicted molar refractivity (Wildman–Crippen MR) is 98.1 cm³/mol. The van der Waals surface area contributed by atoms with Gasteiger partial charge in [-0.25, -0.2) is 0 Å². The van der Waals surface area contributed by atoms with Crippen LogP contribution in [0.25, 0.3) is 0 Å². The van der Waals surface area contributed by atoms with E-state index in [1.165, 1.54) is 27.0 Å². The number of hydrogen-bond acceptors (Lipinski definition) is 2. The molecule has 18 heavy (non-hydrogen) atoms. The van der Waals surface area contributed by atoms with E-state index in [2.05, 4.69) is 44.6 Å². The molecule has 1 aliphatic heterocycles. The molecule has 1 fully saturated rings. The summed E-state index contributed by atoms with van der Waals surface area (Å²) in [5, 5.41) is 0. The minimum atomic E-state index is 0. The lowest BCUT2D eigenvalue weighted by molar-refractivity contribution is 0.338. The van der Waals surface area contributed by atoms with Gasteiger partial charge in [0.1, 0.15) is 0 Å². The van der Waals surface area contributed by atoms with Gasteiger partial charge in [0.2, 0.25) is 0 Å². The number of nitrogens with two attached hydrogens (primary N) is 1. The van der Waals surface area contributed by atoms with Crippen molar-refractivity contribution < 1.29 is 0 Å². The van der Waals surface area contributed by atoms with Gasteiger partial charge in [0, 0.05) is 30.9 Å². The molecule has 0 aliphatic carbocycles. The van der Waals surface area contributed by atoms with Crippen molar-refractivity contribution >= 4 is 63.9 Å². The molecule has 2 rings (SSSR count). The number of guanidine groups is 1. The second-order valence-electron chi connectivity index (χ2n) is 4.24. The van der Waals surface area contributed by atoms with E-state index in [0.717, 1.165) is 32.0 Å². The lowest BCUT2D eigenvalue weighted by Gasteiger charge is -2.27. The Morgan fingerprint density at radius 3 is 2.67 bits per heavy atom. The molecule has 0 atom stereocenters. The summed E-state index contributed by atoms with van der Waals surface area (Å²) in [6.45, 7) is 2.96. The van der Waals surface area contributed by atoms with Crippen LogP contribution in [0.15, 0.2) is 17.1 Å². The van der Waals surface area contributed by atoms with Gasteiger partial charge < -0.3 is 10.6 Å². The standard InChI is InChI=1S/C12H18IN3S.HI/c13-11-5-4-10(17-11)6-7-15-12(14)16-8-2-1-3-9-16;/h4-5H,1-3,6-9H2,(H2,14,15);1H. The second-order valence-corrected chi connectivity index (χ2v) is 7.31. The molecule has 1 aromatic heterocycles. The van der Waals surface area contributed by atoms with Gasteiger partial charge in [-0.1, -0.05) is 0 Å². The molecule has 1 aromatic rings. The largest absolute Gasteiger partial charge is 0.370 e. The number of thiophene rings is 1. The van der Waals surface area contributed by atoms with Crippen LogP contribution in [0.4, 0.5) is 0 Å². The minimum absolute atomic E-state index is 0. The molecule has 1 saturated heterocycles. The van der Waals surface area contributed by atoms with Gasteiger partial charge in [-0.05, 0) is 54.0 Å². The Labute approximate surface area is 143 Å². The monoisotopic (exact) mass is 491 g/mol. The molecule has 0 saturated carbocycles. The highest BCUT2D eigenvalue weighted by Gasteiger charge is 2.11. The maximum absolute atomic E-state index is 6.00. The molecule has 3 nitrogen and oxygen atoms in total. The van der Waals surface area contributed by atoms with Crippen LogP contribution in [0.5, 0.6) is 0 Å². The third-order valence-corrected chi connectivity index (χ3v) is 4.89. The zero-order chi connectivity index (χ0) is 12.1. The first-order chi connectivity index (χ1) is 8.25. The third-order valence-electron chi connectivity index (χ3n) is 2.94. The fourth-order valence-electron chi connectivity index (χ4n) is 1.99. The minimum Gasteiger partial charge on any atom is -0.370 e. The number of rotatable bonds is 3. The van der Waals surface area contributed by atoms with Crippen LogP contribution in [-0.2, 0) is 6.42 Å². The van der Waals surface area contributed by atoms with E-state index in [1.807, 2.05) is 11.3 Å². The number of halogens is 2. The number of nitrogens with zero attached hydrogens (tertiary/aromatic N) is 2. The third kappa shape index (κ3) is 5.20. The number of hydrogen-bond donors (Lipinski definition) is 1. The highest BCUT2D eigenvalue weighted by Crippen LogP contribution is 2.18. The fraction of sp³-hybridized carbons (Fsp3) is 0.583. The normalized spacial score (nSPS) is 16.5. The highest BCUT2D eigenvalue weighted by molar-refractivity contribution is 14.1. The van der Waals surface area contributed by atoms with E-state index in [0.29, 0.717) is 0 Å². The number of likely N-dealkylation sites (tertiary alicyclic amines) is 1. The van der Waals surface area contributed by atoms with Gasteiger partial charge in [0.25, 0.3) is 0 Å². The summed E-state index contributed by atoms with van der Waals surface area (Å²) < 4.78 is 1.34. The highest BCUT2D eigenvalue weighted by atomic mass is 127. The predicted octanol–water partition coefficient (Wildman–Crippen LogP) is 3.31. The van der Waals surface area contributed by atoms with Crippen molar-refractivity contribution in [2.24, 2.45) is 10.7 Å². The molecule has 6 heteroatoms. The van der Waals surface area contributed by atoms with Crippen LogP contribution >= 0.6 is 57.9 Å². The van der Waals surface area contributed by atoms with Crippen LogP contribution in [0.3, 0.4) is 0 Å². The Morgan fingerprint density at radius 2 is 2.06 bits per heavy atom. The molecule has 0 radical (unpaired) electrons. The van der Waals surface area contributed by atoms with Crippen LogP contribution in [0.1, 0.15) is 24.1 Å². The van der Waals surface area contributed by atoms with Gasteiger partial charge in [-0.15, -0.1) is 35.3 Å². The lowest BCUT2D eigenvalue weighted by Crippen LogP contribution is -2.41. The summed E-state index contributed by atoms with van der Waals surface area (Å²) in [6, 6.07) is 4.33. The summed E-state index contributed by atoms with van der Waals surface area (Å²) in [4.78, 5) is 8.08. The average molecular weight is 491 g/mol. The molecule has 0 bridgehead atoms. The van der Waals surface area contributed by atoms with E-state index in [-0.39, 0.29) is 24.0 Å². The Bertz CT molecular complexity index is 386. The molecule has 2 N–H and O–H groups in total. The molecule has 2 heterocycles. The van der Waals surface area contributed by atoms with Gasteiger partial charge in [0.15, 0.2) is 5.96 Å². The van der Waals surface area contributed by atoms with Crippen LogP contribution in [0.2, 0.25) is 0 Å². The molecule has 0 aromatic carbocycles. The number of aliphatic imine (C=N–C) groups is 1. The molecule has 0 spiro atoms. The molecular formula is C12H19I2N3S. The van der Waals surface area contributed by atoms with Crippen molar-refractivity contribution in [3.63, 3.8) is 0 Å². The van der Waals surface area contributed by atoms with Crippen molar-refractivity contribution in [1.82, 2.24) is 4.90 Å². The number of piperidine rings is 1. The summed E-state index contributed by atoms with van der Waals surface area (Å²) in [5.41, 5.74) is 6.00. The lowest BCUT2D eigenvalue weighted by atomic mass is 10.1. The van der Waals surface area contributed by atoms with E-state index >= 15 is 0 Å². The first-order valence-electron chi connectivity index (χ1n) is 6.05. The zero-order valence-corrected chi connectivity index (χ0v) is 15.6. The smallest absolute Gasteiger partial charge is 0.191 e. The summed E-state index contributed by atoms with van der Waals surface area (Å²) in [7, 11) is 0. The molecule has 102 valence electrons. The van der Waals surface area contributed by atoms with Crippen molar-refractivity contribution in [3.05, 3.63) is 19.9 Å². The van der Waals surface area contributed by atoms with Gasteiger partial charge in [-0.3, -0.25) is 4.99 Å². The van der Waals surface area contributed by atoms with Crippen molar-refractivity contribution in [2.45, 2.75) is 25.7 Å². The second kappa shape index (κ2) is 8.57. The average Bonchev–Trinajstić information content (AvgIpc) is 2.76. The van der Waals surface area contributed by atoms with E-state index in [9.17, 15) is 0 Å². The van der Waals surface area contributed by atoms with Gasteiger partial charge in [-0.2, -0.15) is 0 Å². The van der Waals surface area contributed by atoms with Crippen molar-refractivity contribution in [3.8, 4) is 0 Å². The van der Waals surface area contributed by atoms with Crippen LogP contribution in [0, 0.1) is 2.88 Å². The Morgan fingerprint density at radius 1 is 1.33 bits per heavy atom. The first kappa shape index (κ1) is 16.5. The summed E-state index contributed by atoms with van der Waals surface area (Å²) >= 11 is 4.19. The topological polar surface area (TPSA) is 41.6 Å². The zero-order valence-electron chi connectivity index (χ0n) is 10.3. The SMILES string of the molecule is I.NC(=NCCc1ccc(I)s1)N1CCCCC1. The fourth-order valence-corrected chi connectivity index (χ4v) is 3.73. The van der Waals surface area contributed by atoms with E-state index < -0.39 is 0 Å². The van der Waals surface area contributed by atoms with Gasteiger partial charge >= 0.3 is 0 Å². The van der Waals surface area contributed by atoms with E-state index in [4.69, 9.17) is 5.73 Å². The van der Waals surface area contributed by atoms with Crippen LogP contribution in [-0.4, -0.2) is 30.5 Å². The molecule has 0 amide bonds. The maximum Gasteiger partial charge on any atom is 0.191 e. The molecule has 0 unspecified atom stereocenters.